The van der Waals surface area contributed by atoms with Gasteiger partial charge in [0, 0.05) is 24.5 Å². The van der Waals surface area contributed by atoms with E-state index in [9.17, 15) is 4.79 Å². The lowest BCUT2D eigenvalue weighted by atomic mass is 10.2. The minimum absolute atomic E-state index is 0.0271. The van der Waals surface area contributed by atoms with E-state index in [1.165, 1.54) is 0 Å². The van der Waals surface area contributed by atoms with Crippen LogP contribution in [-0.4, -0.2) is 50.7 Å². The third-order valence-electron chi connectivity index (χ3n) is 4.98. The van der Waals surface area contributed by atoms with Crippen LogP contribution in [0.15, 0.2) is 41.3 Å². The molecule has 3 aromatic heterocycles. The summed E-state index contributed by atoms with van der Waals surface area (Å²) in [6, 6.07) is 5.76. The van der Waals surface area contributed by atoms with Crippen molar-refractivity contribution in [1.29, 1.82) is 0 Å². The summed E-state index contributed by atoms with van der Waals surface area (Å²) in [5.74, 6) is 0.654. The van der Waals surface area contributed by atoms with Gasteiger partial charge in [-0.1, -0.05) is 0 Å². The van der Waals surface area contributed by atoms with Gasteiger partial charge in [0.15, 0.2) is 0 Å². The summed E-state index contributed by atoms with van der Waals surface area (Å²) in [5.41, 5.74) is 3.06. The molecule has 8 heteroatoms. The number of halogens is 1. The zero-order valence-electron chi connectivity index (χ0n) is 17.3. The number of amides is 1. The highest BCUT2D eigenvalue weighted by molar-refractivity contribution is 9.10. The standard InChI is InChI=1S/C22H25BrN4O3/c1-22(2,3)30-21(28)27-11-5-6-14(27)13-29-17-12-24-10-8-15(17)19-18(23)20-16(26-19)7-4-9-25-20/h4,7-10,12,14,26H,5-6,11,13H2,1-3H3/t14-/m1/s1. The van der Waals surface area contributed by atoms with E-state index >= 15 is 0 Å². The van der Waals surface area contributed by atoms with Crippen molar-refractivity contribution in [2.75, 3.05) is 13.2 Å². The van der Waals surface area contributed by atoms with Crippen LogP contribution < -0.4 is 4.74 Å². The van der Waals surface area contributed by atoms with Gasteiger partial charge in [-0.2, -0.15) is 0 Å². The maximum Gasteiger partial charge on any atom is 0.410 e. The largest absolute Gasteiger partial charge is 0.489 e. The Kier molecular flexibility index (Phi) is 5.69. The zero-order valence-corrected chi connectivity index (χ0v) is 18.9. The lowest BCUT2D eigenvalue weighted by Crippen LogP contribution is -2.42. The van der Waals surface area contributed by atoms with Gasteiger partial charge >= 0.3 is 6.09 Å². The molecule has 0 spiro atoms. The summed E-state index contributed by atoms with van der Waals surface area (Å²) in [4.78, 5) is 26.4. The molecule has 1 atom stereocenters. The Balaban J connectivity index is 1.53. The maximum absolute atomic E-state index is 12.5. The molecular weight excluding hydrogens is 448 g/mol. The van der Waals surface area contributed by atoms with Crippen molar-refractivity contribution in [3.8, 4) is 17.0 Å². The van der Waals surface area contributed by atoms with Crippen LogP contribution >= 0.6 is 15.9 Å². The number of rotatable bonds is 4. The molecule has 1 N–H and O–H groups in total. The van der Waals surface area contributed by atoms with Crippen LogP contribution in [0.5, 0.6) is 5.75 Å². The average molecular weight is 473 g/mol. The predicted octanol–water partition coefficient (Wildman–Crippen LogP) is 5.17. The fourth-order valence-corrected chi connectivity index (χ4v) is 4.26. The topological polar surface area (TPSA) is 80.3 Å². The minimum Gasteiger partial charge on any atom is -0.489 e. The second-order valence-electron chi connectivity index (χ2n) is 8.37. The Morgan fingerprint density at radius 2 is 2.17 bits per heavy atom. The van der Waals surface area contributed by atoms with Crippen LogP contribution in [0.2, 0.25) is 0 Å². The number of likely N-dealkylation sites (tertiary alicyclic amines) is 1. The predicted molar refractivity (Wildman–Crippen MR) is 118 cm³/mol. The number of nitrogens with zero attached hydrogens (tertiary/aromatic N) is 3. The number of hydrogen-bond donors (Lipinski definition) is 1. The summed E-state index contributed by atoms with van der Waals surface area (Å²) in [7, 11) is 0. The van der Waals surface area contributed by atoms with Gasteiger partial charge in [-0.15, -0.1) is 0 Å². The Hall–Kier alpha value is -2.61. The molecule has 1 amide bonds. The van der Waals surface area contributed by atoms with Crippen LogP contribution in [0.25, 0.3) is 22.3 Å². The normalized spacial score (nSPS) is 16.8. The molecule has 158 valence electrons. The molecule has 0 radical (unpaired) electrons. The molecule has 3 aromatic rings. The molecule has 1 aliphatic heterocycles. The van der Waals surface area contributed by atoms with Crippen molar-refractivity contribution in [1.82, 2.24) is 19.9 Å². The van der Waals surface area contributed by atoms with Crippen molar-refractivity contribution < 1.29 is 14.3 Å². The van der Waals surface area contributed by atoms with Gasteiger partial charge in [0.1, 0.15) is 23.5 Å². The molecular formula is C22H25BrN4O3. The molecule has 0 bridgehead atoms. The van der Waals surface area contributed by atoms with E-state index in [4.69, 9.17) is 9.47 Å². The highest BCUT2D eigenvalue weighted by Gasteiger charge is 2.32. The summed E-state index contributed by atoms with van der Waals surface area (Å²) in [5, 5.41) is 0. The zero-order chi connectivity index (χ0) is 21.3. The highest BCUT2D eigenvalue weighted by atomic mass is 79.9. The lowest BCUT2D eigenvalue weighted by Gasteiger charge is -2.28. The van der Waals surface area contributed by atoms with Gasteiger partial charge < -0.3 is 19.4 Å². The molecule has 7 nitrogen and oxygen atoms in total. The Morgan fingerprint density at radius 1 is 1.33 bits per heavy atom. The number of carbonyl (C=O) groups is 1. The van der Waals surface area contributed by atoms with Gasteiger partial charge in [-0.25, -0.2) is 4.79 Å². The number of aromatic amines is 1. The second kappa shape index (κ2) is 8.26. The fourth-order valence-electron chi connectivity index (χ4n) is 3.63. The van der Waals surface area contributed by atoms with E-state index in [0.717, 1.165) is 39.6 Å². The molecule has 1 saturated heterocycles. The monoisotopic (exact) mass is 472 g/mol. The van der Waals surface area contributed by atoms with Crippen LogP contribution in [0.1, 0.15) is 33.6 Å². The summed E-state index contributed by atoms with van der Waals surface area (Å²) in [6.45, 7) is 6.69. The molecule has 0 aromatic carbocycles. The Morgan fingerprint density at radius 3 is 2.93 bits per heavy atom. The first-order valence-electron chi connectivity index (χ1n) is 10.0. The molecule has 1 fully saturated rings. The molecule has 4 heterocycles. The fraction of sp³-hybridized carbons (Fsp3) is 0.409. The number of aromatic nitrogens is 3. The van der Waals surface area contributed by atoms with Crippen LogP contribution in [0.4, 0.5) is 4.79 Å². The molecule has 1 aliphatic rings. The number of H-pyrrole nitrogens is 1. The third-order valence-corrected chi connectivity index (χ3v) is 5.76. The Labute approximate surface area is 183 Å². The van der Waals surface area contributed by atoms with Crippen LogP contribution in [0, 0.1) is 0 Å². The smallest absolute Gasteiger partial charge is 0.410 e. The first-order valence-corrected chi connectivity index (χ1v) is 10.8. The van der Waals surface area contributed by atoms with E-state index < -0.39 is 5.60 Å². The molecule has 30 heavy (non-hydrogen) atoms. The molecule has 0 saturated carbocycles. The van der Waals surface area contributed by atoms with Gasteiger partial charge in [-0.05, 0) is 67.7 Å². The molecule has 4 rings (SSSR count). The van der Waals surface area contributed by atoms with E-state index in [-0.39, 0.29) is 12.1 Å². The number of fused-ring (bicyclic) bond motifs is 1. The lowest BCUT2D eigenvalue weighted by molar-refractivity contribution is 0.0187. The third kappa shape index (κ3) is 4.28. The van der Waals surface area contributed by atoms with Gasteiger partial charge in [0.2, 0.25) is 0 Å². The first kappa shape index (κ1) is 20.7. The number of hydrogen-bond acceptors (Lipinski definition) is 5. The summed E-state index contributed by atoms with van der Waals surface area (Å²) < 4.78 is 12.6. The van der Waals surface area contributed by atoms with E-state index in [1.54, 1.807) is 23.5 Å². The minimum atomic E-state index is -0.516. The molecule has 0 unspecified atom stereocenters. The SMILES string of the molecule is CC(C)(C)OC(=O)N1CCC[C@@H]1COc1cnccc1-c1[nH]c2cccnc2c1Br. The van der Waals surface area contributed by atoms with Crippen LogP contribution in [0.3, 0.4) is 0 Å². The van der Waals surface area contributed by atoms with Crippen LogP contribution in [-0.2, 0) is 4.74 Å². The Bertz CT molecular complexity index is 1060. The van der Waals surface area contributed by atoms with Crippen molar-refractivity contribution in [2.24, 2.45) is 0 Å². The van der Waals surface area contributed by atoms with E-state index in [1.807, 2.05) is 39.0 Å². The quantitative estimate of drug-likeness (QED) is 0.566. The number of carbonyl (C=O) groups excluding carboxylic acids is 1. The number of nitrogens with one attached hydrogen (secondary N) is 1. The van der Waals surface area contributed by atoms with Crippen molar-refractivity contribution in [2.45, 2.75) is 45.3 Å². The highest BCUT2D eigenvalue weighted by Crippen LogP contribution is 2.38. The maximum atomic E-state index is 12.5. The summed E-state index contributed by atoms with van der Waals surface area (Å²) in [6.07, 6.45) is 6.73. The van der Waals surface area contributed by atoms with E-state index in [2.05, 4.69) is 30.9 Å². The van der Waals surface area contributed by atoms with Gasteiger partial charge in [-0.3, -0.25) is 9.97 Å². The second-order valence-corrected chi connectivity index (χ2v) is 9.16. The summed E-state index contributed by atoms with van der Waals surface area (Å²) >= 11 is 3.66. The van der Waals surface area contributed by atoms with Crippen molar-refractivity contribution >= 4 is 33.1 Å². The molecule has 0 aliphatic carbocycles. The average Bonchev–Trinajstić information content (AvgIpc) is 3.30. The van der Waals surface area contributed by atoms with Crippen molar-refractivity contribution in [3.63, 3.8) is 0 Å². The van der Waals surface area contributed by atoms with Gasteiger partial charge in [0.25, 0.3) is 0 Å². The van der Waals surface area contributed by atoms with Gasteiger partial charge in [0.05, 0.1) is 27.9 Å². The number of pyridine rings is 2. The van der Waals surface area contributed by atoms with E-state index in [0.29, 0.717) is 18.9 Å². The first-order chi connectivity index (χ1) is 14.3. The van der Waals surface area contributed by atoms with Crippen molar-refractivity contribution in [3.05, 3.63) is 41.3 Å². The number of ether oxygens (including phenoxy) is 2.